The van der Waals surface area contributed by atoms with E-state index in [0.717, 1.165) is 24.2 Å². The Labute approximate surface area is 149 Å². The summed E-state index contributed by atoms with van der Waals surface area (Å²) in [4.78, 5) is 17.7. The first-order valence-corrected chi connectivity index (χ1v) is 8.76. The molecule has 0 unspecified atom stereocenters. The highest BCUT2D eigenvalue weighted by Crippen LogP contribution is 2.12. The summed E-state index contributed by atoms with van der Waals surface area (Å²) in [6.45, 7) is 6.55. The van der Waals surface area contributed by atoms with Crippen LogP contribution in [0.5, 0.6) is 5.75 Å². The molecule has 1 aliphatic heterocycles. The Bertz CT molecular complexity index is 583. The summed E-state index contributed by atoms with van der Waals surface area (Å²) in [5.41, 5.74) is 7.09. The molecule has 0 saturated carbocycles. The molecular weight excluding hydrogens is 320 g/mol. The van der Waals surface area contributed by atoms with Gasteiger partial charge in [0.25, 0.3) is 0 Å². The highest BCUT2D eigenvalue weighted by Gasteiger charge is 2.23. The van der Waals surface area contributed by atoms with E-state index in [2.05, 4.69) is 10.3 Å². The number of hydrogen-bond acceptors (Lipinski definition) is 4. The number of rotatable bonds is 6. The Balaban J connectivity index is 1.65. The monoisotopic (exact) mass is 348 g/mol. The van der Waals surface area contributed by atoms with Crippen LogP contribution in [0.25, 0.3) is 0 Å². The number of nitrogens with two attached hydrogens (primary N) is 1. The SMILES string of the molecule is CCOC(=O)N1CCC(NC(N)=NCCOc2cccc(C)c2)CC1. The molecule has 0 bridgehead atoms. The van der Waals surface area contributed by atoms with Gasteiger partial charge < -0.3 is 25.4 Å². The fourth-order valence-corrected chi connectivity index (χ4v) is 2.71. The molecule has 0 aromatic heterocycles. The molecule has 1 aromatic rings. The maximum Gasteiger partial charge on any atom is 0.409 e. The first kappa shape index (κ1) is 18.9. The molecule has 1 heterocycles. The van der Waals surface area contributed by atoms with Gasteiger partial charge in [0.15, 0.2) is 5.96 Å². The minimum atomic E-state index is -0.240. The Morgan fingerprint density at radius 1 is 1.40 bits per heavy atom. The van der Waals surface area contributed by atoms with E-state index in [0.29, 0.717) is 38.8 Å². The zero-order valence-corrected chi connectivity index (χ0v) is 15.0. The van der Waals surface area contributed by atoms with E-state index in [9.17, 15) is 4.79 Å². The Hall–Kier alpha value is -2.44. The molecule has 1 fully saturated rings. The number of aryl methyl sites for hydroxylation is 1. The van der Waals surface area contributed by atoms with Gasteiger partial charge in [-0.1, -0.05) is 12.1 Å². The van der Waals surface area contributed by atoms with Crippen molar-refractivity contribution in [2.75, 3.05) is 32.8 Å². The molecule has 1 aliphatic rings. The van der Waals surface area contributed by atoms with Crippen molar-refractivity contribution in [3.05, 3.63) is 29.8 Å². The molecule has 1 aromatic carbocycles. The second-order valence-corrected chi connectivity index (χ2v) is 6.04. The molecule has 0 radical (unpaired) electrons. The summed E-state index contributed by atoms with van der Waals surface area (Å²) in [6.07, 6.45) is 1.42. The molecular formula is C18H28N4O3. The summed E-state index contributed by atoms with van der Waals surface area (Å²) in [5, 5.41) is 3.21. The molecule has 7 heteroatoms. The number of piperidine rings is 1. The highest BCUT2D eigenvalue weighted by atomic mass is 16.6. The average Bonchev–Trinajstić information content (AvgIpc) is 2.60. The molecule has 0 spiro atoms. The van der Waals surface area contributed by atoms with Gasteiger partial charge in [-0.15, -0.1) is 0 Å². The number of likely N-dealkylation sites (tertiary alicyclic amines) is 1. The molecule has 1 saturated heterocycles. The zero-order chi connectivity index (χ0) is 18.1. The van der Waals surface area contributed by atoms with Crippen LogP contribution in [0.15, 0.2) is 29.3 Å². The Kier molecular flexibility index (Phi) is 7.37. The number of guanidine groups is 1. The third-order valence-corrected chi connectivity index (χ3v) is 4.00. The van der Waals surface area contributed by atoms with Gasteiger partial charge in [-0.2, -0.15) is 0 Å². The zero-order valence-electron chi connectivity index (χ0n) is 15.0. The summed E-state index contributed by atoms with van der Waals surface area (Å²) in [6, 6.07) is 8.14. The van der Waals surface area contributed by atoms with Crippen LogP contribution in [0.4, 0.5) is 4.79 Å². The van der Waals surface area contributed by atoms with Crippen molar-refractivity contribution < 1.29 is 14.3 Å². The van der Waals surface area contributed by atoms with Gasteiger partial charge in [0.1, 0.15) is 12.4 Å². The van der Waals surface area contributed by atoms with Gasteiger partial charge in [0.2, 0.25) is 0 Å². The molecule has 2 rings (SSSR count). The van der Waals surface area contributed by atoms with Crippen LogP contribution in [0, 0.1) is 6.92 Å². The van der Waals surface area contributed by atoms with Gasteiger partial charge in [-0.3, -0.25) is 0 Å². The van der Waals surface area contributed by atoms with Crippen LogP contribution < -0.4 is 15.8 Å². The third kappa shape index (κ3) is 6.52. The van der Waals surface area contributed by atoms with Gasteiger partial charge in [0, 0.05) is 19.1 Å². The lowest BCUT2D eigenvalue weighted by Crippen LogP contribution is -2.48. The minimum Gasteiger partial charge on any atom is -0.492 e. The molecule has 7 nitrogen and oxygen atoms in total. The topological polar surface area (TPSA) is 89.2 Å². The van der Waals surface area contributed by atoms with E-state index in [4.69, 9.17) is 15.2 Å². The minimum absolute atomic E-state index is 0.229. The van der Waals surface area contributed by atoms with Crippen LogP contribution in [-0.4, -0.2) is 55.8 Å². The Morgan fingerprint density at radius 3 is 2.84 bits per heavy atom. The molecule has 0 aliphatic carbocycles. The van der Waals surface area contributed by atoms with Gasteiger partial charge in [-0.05, 0) is 44.4 Å². The predicted octanol–water partition coefficient (Wildman–Crippen LogP) is 1.90. The quantitative estimate of drug-likeness (QED) is 0.466. The van der Waals surface area contributed by atoms with Gasteiger partial charge >= 0.3 is 6.09 Å². The number of ether oxygens (including phenoxy) is 2. The van der Waals surface area contributed by atoms with E-state index in [1.54, 1.807) is 4.90 Å². The normalized spacial score (nSPS) is 15.8. The summed E-state index contributed by atoms with van der Waals surface area (Å²) < 4.78 is 10.7. The molecule has 25 heavy (non-hydrogen) atoms. The second kappa shape index (κ2) is 9.76. The number of amides is 1. The average molecular weight is 348 g/mol. The van der Waals surface area contributed by atoms with Crippen LogP contribution in [0.3, 0.4) is 0 Å². The van der Waals surface area contributed by atoms with E-state index in [1.165, 1.54) is 0 Å². The molecule has 3 N–H and O–H groups in total. The van der Waals surface area contributed by atoms with Crippen molar-refractivity contribution in [2.24, 2.45) is 10.7 Å². The maximum absolute atomic E-state index is 11.7. The summed E-state index contributed by atoms with van der Waals surface area (Å²) in [5.74, 6) is 1.26. The first-order valence-electron chi connectivity index (χ1n) is 8.76. The number of nitrogens with one attached hydrogen (secondary N) is 1. The van der Waals surface area contributed by atoms with Crippen LogP contribution in [0.2, 0.25) is 0 Å². The maximum atomic E-state index is 11.7. The lowest BCUT2D eigenvalue weighted by molar-refractivity contribution is 0.0963. The number of aliphatic imine (C=N–C) groups is 1. The van der Waals surface area contributed by atoms with Gasteiger partial charge in [0.05, 0.1) is 13.2 Å². The van der Waals surface area contributed by atoms with E-state index >= 15 is 0 Å². The highest BCUT2D eigenvalue weighted by molar-refractivity contribution is 5.78. The second-order valence-electron chi connectivity index (χ2n) is 6.04. The number of carbonyl (C=O) groups excluding carboxylic acids is 1. The van der Waals surface area contributed by atoms with E-state index < -0.39 is 0 Å². The third-order valence-electron chi connectivity index (χ3n) is 4.00. The van der Waals surface area contributed by atoms with Gasteiger partial charge in [-0.25, -0.2) is 9.79 Å². The van der Waals surface area contributed by atoms with Crippen molar-refractivity contribution >= 4 is 12.1 Å². The molecule has 1 amide bonds. The van der Waals surface area contributed by atoms with Crippen molar-refractivity contribution in [1.29, 1.82) is 0 Å². The number of carbonyl (C=O) groups is 1. The number of hydrogen-bond donors (Lipinski definition) is 2. The first-order chi connectivity index (χ1) is 12.1. The van der Waals surface area contributed by atoms with E-state index in [1.807, 2.05) is 38.1 Å². The van der Waals surface area contributed by atoms with Crippen molar-refractivity contribution in [2.45, 2.75) is 32.7 Å². The predicted molar refractivity (Wildman–Crippen MR) is 97.9 cm³/mol. The standard InChI is InChI=1S/C18H28N4O3/c1-3-24-18(23)22-10-7-15(8-11-22)21-17(19)20-9-12-25-16-6-4-5-14(2)13-16/h4-6,13,15H,3,7-12H2,1-2H3,(H3,19,20,21). The fraction of sp³-hybridized carbons (Fsp3) is 0.556. The van der Waals surface area contributed by atoms with Crippen LogP contribution >= 0.6 is 0 Å². The lowest BCUT2D eigenvalue weighted by atomic mass is 10.1. The van der Waals surface area contributed by atoms with Crippen molar-refractivity contribution in [3.63, 3.8) is 0 Å². The van der Waals surface area contributed by atoms with Crippen LogP contribution in [-0.2, 0) is 4.74 Å². The molecule has 0 atom stereocenters. The number of nitrogens with zero attached hydrogens (tertiary/aromatic N) is 2. The molecule has 138 valence electrons. The van der Waals surface area contributed by atoms with Crippen molar-refractivity contribution in [1.82, 2.24) is 10.2 Å². The fourth-order valence-electron chi connectivity index (χ4n) is 2.71. The van der Waals surface area contributed by atoms with Crippen LogP contribution in [0.1, 0.15) is 25.3 Å². The number of benzene rings is 1. The largest absolute Gasteiger partial charge is 0.492 e. The Morgan fingerprint density at radius 2 is 2.16 bits per heavy atom. The summed E-state index contributed by atoms with van der Waals surface area (Å²) >= 11 is 0. The lowest BCUT2D eigenvalue weighted by Gasteiger charge is -2.31. The van der Waals surface area contributed by atoms with E-state index in [-0.39, 0.29) is 12.1 Å². The smallest absolute Gasteiger partial charge is 0.409 e. The summed E-state index contributed by atoms with van der Waals surface area (Å²) in [7, 11) is 0. The van der Waals surface area contributed by atoms with Crippen molar-refractivity contribution in [3.8, 4) is 5.75 Å².